The second kappa shape index (κ2) is 7.21. The maximum Gasteiger partial charge on any atom is 0.239 e. The van der Waals surface area contributed by atoms with E-state index in [0.29, 0.717) is 26.1 Å². The van der Waals surface area contributed by atoms with Crippen molar-refractivity contribution in [2.45, 2.75) is 50.9 Å². The Balaban J connectivity index is 1.55. The molecule has 3 N–H and O–H groups in total. The minimum atomic E-state index is -0.504. The molecule has 1 aromatic carbocycles. The highest BCUT2D eigenvalue weighted by molar-refractivity contribution is 5.82. The van der Waals surface area contributed by atoms with Gasteiger partial charge in [-0.2, -0.15) is 0 Å². The average molecular weight is 332 g/mol. The predicted molar refractivity (Wildman–Crippen MR) is 92.4 cm³/mol. The van der Waals surface area contributed by atoms with Gasteiger partial charge in [0.15, 0.2) is 0 Å². The second-order valence-electron chi connectivity index (χ2n) is 7.05. The first-order valence-electron chi connectivity index (χ1n) is 8.95. The first kappa shape index (κ1) is 17.4. The highest BCUT2D eigenvalue weighted by Crippen LogP contribution is 2.50. The van der Waals surface area contributed by atoms with Gasteiger partial charge in [-0.25, -0.2) is 0 Å². The van der Waals surface area contributed by atoms with Crippen LogP contribution < -0.4 is 5.73 Å². The van der Waals surface area contributed by atoms with E-state index in [4.69, 9.17) is 10.5 Å². The van der Waals surface area contributed by atoms with Crippen LogP contribution in [0.1, 0.15) is 31.7 Å². The smallest absolute Gasteiger partial charge is 0.239 e. The molecule has 0 bridgehead atoms. The highest BCUT2D eigenvalue weighted by atomic mass is 16.5. The molecule has 5 heteroatoms. The first-order chi connectivity index (χ1) is 11.6. The lowest BCUT2D eigenvalue weighted by molar-refractivity contribution is -0.210. The summed E-state index contributed by atoms with van der Waals surface area (Å²) in [4.78, 5) is 14.5. The Morgan fingerprint density at radius 2 is 2.04 bits per heavy atom. The summed E-state index contributed by atoms with van der Waals surface area (Å²) in [7, 11) is 0. The topological polar surface area (TPSA) is 75.8 Å². The first-order valence-corrected chi connectivity index (χ1v) is 8.95. The van der Waals surface area contributed by atoms with Crippen LogP contribution in [0.25, 0.3) is 0 Å². The molecule has 1 heterocycles. The molecular weight excluding hydrogens is 304 g/mol. The molecule has 3 rings (SSSR count). The van der Waals surface area contributed by atoms with Crippen LogP contribution >= 0.6 is 0 Å². The fourth-order valence-corrected chi connectivity index (χ4v) is 4.15. The van der Waals surface area contributed by atoms with Crippen LogP contribution in [-0.2, 0) is 16.0 Å². The summed E-state index contributed by atoms with van der Waals surface area (Å²) in [5.41, 5.74) is 7.06. The molecule has 2 fully saturated rings. The summed E-state index contributed by atoms with van der Waals surface area (Å²) in [6.45, 7) is 3.97. The molecule has 0 unspecified atom stereocenters. The van der Waals surface area contributed by atoms with Crippen molar-refractivity contribution in [3.8, 4) is 0 Å². The Kier molecular flexibility index (Phi) is 5.23. The predicted octanol–water partition coefficient (Wildman–Crippen LogP) is 1.33. The number of nitrogens with zero attached hydrogens (tertiary/aromatic N) is 1. The average Bonchev–Trinajstić information content (AvgIpc) is 2.62. The number of rotatable bonds is 5. The maximum absolute atomic E-state index is 12.6. The number of nitrogens with two attached hydrogens (primary N) is 1. The summed E-state index contributed by atoms with van der Waals surface area (Å²) < 4.78 is 5.78. The van der Waals surface area contributed by atoms with E-state index in [1.54, 1.807) is 0 Å². The molecule has 1 saturated heterocycles. The van der Waals surface area contributed by atoms with Crippen molar-refractivity contribution < 1.29 is 14.6 Å². The van der Waals surface area contributed by atoms with Crippen molar-refractivity contribution in [1.29, 1.82) is 0 Å². The Labute approximate surface area is 143 Å². The molecule has 1 saturated carbocycles. The van der Waals surface area contributed by atoms with Crippen LogP contribution in [0.3, 0.4) is 0 Å². The SMILES string of the molecule is CCO[C@H]1C[C@@H](O)C12CCN(C(=O)[C@@H](N)Cc1ccccc1)CC2. The fraction of sp³-hybridized carbons (Fsp3) is 0.632. The van der Waals surface area contributed by atoms with Crippen LogP contribution in [0.4, 0.5) is 0 Å². The number of hydrogen-bond donors (Lipinski definition) is 2. The van der Waals surface area contributed by atoms with E-state index in [1.807, 2.05) is 42.2 Å². The van der Waals surface area contributed by atoms with E-state index in [-0.39, 0.29) is 23.5 Å². The molecule has 1 aromatic rings. The number of likely N-dealkylation sites (tertiary alicyclic amines) is 1. The second-order valence-corrected chi connectivity index (χ2v) is 7.05. The number of aliphatic hydroxyl groups excluding tert-OH is 1. The number of amides is 1. The Hall–Kier alpha value is -1.43. The lowest BCUT2D eigenvalue weighted by Gasteiger charge is -2.56. The van der Waals surface area contributed by atoms with Crippen molar-refractivity contribution in [2.75, 3.05) is 19.7 Å². The minimum absolute atomic E-state index is 0.00970. The van der Waals surface area contributed by atoms with Crippen LogP contribution in [0.15, 0.2) is 30.3 Å². The van der Waals surface area contributed by atoms with Crippen LogP contribution in [-0.4, -0.2) is 53.9 Å². The molecule has 3 atom stereocenters. The molecular formula is C19H28N2O3. The Bertz CT molecular complexity index is 553. The zero-order valence-corrected chi connectivity index (χ0v) is 14.4. The van der Waals surface area contributed by atoms with Crippen LogP contribution in [0, 0.1) is 5.41 Å². The third-order valence-corrected chi connectivity index (χ3v) is 5.73. The maximum atomic E-state index is 12.6. The van der Waals surface area contributed by atoms with Gasteiger partial charge >= 0.3 is 0 Å². The van der Waals surface area contributed by atoms with E-state index in [1.165, 1.54) is 0 Å². The Morgan fingerprint density at radius 1 is 1.38 bits per heavy atom. The van der Waals surface area contributed by atoms with Gasteiger partial charge in [0.05, 0.1) is 18.2 Å². The number of carbonyl (C=O) groups excluding carboxylic acids is 1. The number of piperidine rings is 1. The zero-order chi connectivity index (χ0) is 17.2. The lowest BCUT2D eigenvalue weighted by atomic mass is 9.58. The number of ether oxygens (including phenoxy) is 1. The quantitative estimate of drug-likeness (QED) is 0.853. The van der Waals surface area contributed by atoms with Gasteiger partial charge in [-0.15, -0.1) is 0 Å². The summed E-state index contributed by atoms with van der Waals surface area (Å²) in [6.07, 6.45) is 2.70. The number of hydrogen-bond acceptors (Lipinski definition) is 4. The molecule has 1 aliphatic heterocycles. The van der Waals surface area contributed by atoms with Gasteiger partial charge in [0.25, 0.3) is 0 Å². The molecule has 0 aromatic heterocycles. The monoisotopic (exact) mass is 332 g/mol. The van der Waals surface area contributed by atoms with Crippen LogP contribution in [0.5, 0.6) is 0 Å². The molecule has 1 spiro atoms. The van der Waals surface area contributed by atoms with E-state index >= 15 is 0 Å². The zero-order valence-electron chi connectivity index (χ0n) is 14.4. The molecule has 1 aliphatic carbocycles. The van der Waals surface area contributed by atoms with Gasteiger partial charge in [0, 0.05) is 31.5 Å². The summed E-state index contributed by atoms with van der Waals surface area (Å²) >= 11 is 0. The normalized spacial score (nSPS) is 26.9. The number of benzene rings is 1. The molecule has 1 amide bonds. The van der Waals surface area contributed by atoms with Gasteiger partial charge in [0.2, 0.25) is 5.91 Å². The van der Waals surface area contributed by atoms with Crippen molar-refractivity contribution in [3.05, 3.63) is 35.9 Å². The molecule has 2 aliphatic rings. The van der Waals surface area contributed by atoms with Crippen molar-refractivity contribution in [1.82, 2.24) is 4.90 Å². The minimum Gasteiger partial charge on any atom is -0.392 e. The van der Waals surface area contributed by atoms with Crippen molar-refractivity contribution >= 4 is 5.91 Å². The molecule has 0 radical (unpaired) electrons. The summed E-state index contributed by atoms with van der Waals surface area (Å²) in [5.74, 6) is 0.00970. The van der Waals surface area contributed by atoms with E-state index in [0.717, 1.165) is 24.8 Å². The molecule has 132 valence electrons. The summed E-state index contributed by atoms with van der Waals surface area (Å²) in [5, 5.41) is 10.2. The van der Waals surface area contributed by atoms with Crippen molar-refractivity contribution in [2.24, 2.45) is 11.1 Å². The number of aliphatic hydroxyl groups is 1. The fourth-order valence-electron chi connectivity index (χ4n) is 4.15. The van der Waals surface area contributed by atoms with Gasteiger partial charge in [-0.05, 0) is 31.7 Å². The van der Waals surface area contributed by atoms with E-state index < -0.39 is 6.04 Å². The van der Waals surface area contributed by atoms with E-state index in [9.17, 15) is 9.90 Å². The molecule has 24 heavy (non-hydrogen) atoms. The largest absolute Gasteiger partial charge is 0.392 e. The summed E-state index contributed by atoms with van der Waals surface area (Å²) in [6, 6.07) is 9.37. The van der Waals surface area contributed by atoms with E-state index in [2.05, 4.69) is 0 Å². The number of carbonyl (C=O) groups is 1. The van der Waals surface area contributed by atoms with Crippen LogP contribution in [0.2, 0.25) is 0 Å². The van der Waals surface area contributed by atoms with Gasteiger partial charge in [-0.1, -0.05) is 30.3 Å². The highest BCUT2D eigenvalue weighted by Gasteiger charge is 2.56. The third kappa shape index (κ3) is 3.21. The lowest BCUT2D eigenvalue weighted by Crippen LogP contribution is -2.63. The standard InChI is InChI=1S/C19H28N2O3/c1-2-24-17-13-16(22)19(17)8-10-21(11-9-19)18(23)15(20)12-14-6-4-3-5-7-14/h3-7,15-17,22H,2,8-13,20H2,1H3/t15-,16+,17-/m0/s1. The van der Waals surface area contributed by atoms with Gasteiger partial charge < -0.3 is 20.5 Å². The van der Waals surface area contributed by atoms with Crippen molar-refractivity contribution in [3.63, 3.8) is 0 Å². The van der Waals surface area contributed by atoms with Gasteiger partial charge in [0.1, 0.15) is 0 Å². The third-order valence-electron chi connectivity index (χ3n) is 5.73. The molecule has 5 nitrogen and oxygen atoms in total. The van der Waals surface area contributed by atoms with Gasteiger partial charge in [-0.3, -0.25) is 4.79 Å². The Morgan fingerprint density at radius 3 is 2.62 bits per heavy atom.